The molecule has 17 heavy (non-hydrogen) atoms. The van der Waals surface area contributed by atoms with Crippen LogP contribution in [0, 0.1) is 17.9 Å². The molecule has 0 bridgehead atoms. The lowest BCUT2D eigenvalue weighted by Crippen LogP contribution is -2.32. The van der Waals surface area contributed by atoms with E-state index >= 15 is 0 Å². The van der Waals surface area contributed by atoms with Crippen LogP contribution in [0.3, 0.4) is 0 Å². The van der Waals surface area contributed by atoms with Crippen molar-refractivity contribution in [3.8, 4) is 0 Å². The second-order valence-electron chi connectivity index (χ2n) is 4.88. The van der Waals surface area contributed by atoms with Gasteiger partial charge in [-0.3, -0.25) is 4.79 Å². The van der Waals surface area contributed by atoms with Crippen LogP contribution in [0.2, 0.25) is 0 Å². The van der Waals surface area contributed by atoms with Crippen LogP contribution >= 0.6 is 0 Å². The van der Waals surface area contributed by atoms with Gasteiger partial charge in [0.15, 0.2) is 0 Å². The molecule has 1 heterocycles. The van der Waals surface area contributed by atoms with Gasteiger partial charge in [-0.1, -0.05) is 6.92 Å². The molecule has 0 saturated carbocycles. The highest BCUT2D eigenvalue weighted by atomic mass is 16.7. The number of carbonyl (C=O) groups excluding carboxylic acids is 2. The third-order valence-corrected chi connectivity index (χ3v) is 3.20. The van der Waals surface area contributed by atoms with Gasteiger partial charge >= 0.3 is 18.0 Å². The number of esters is 2. The summed E-state index contributed by atoms with van der Waals surface area (Å²) >= 11 is 0. The van der Waals surface area contributed by atoms with Crippen molar-refractivity contribution >= 4 is 11.9 Å². The number of nitrogens with zero attached hydrogens (tertiary/aromatic N) is 1. The van der Waals surface area contributed by atoms with Gasteiger partial charge in [0.1, 0.15) is 5.92 Å². The van der Waals surface area contributed by atoms with E-state index in [9.17, 15) is 9.59 Å². The fraction of sp³-hybridized carbons (Fsp3) is 0.750. The van der Waals surface area contributed by atoms with Crippen molar-refractivity contribution in [2.24, 2.45) is 11.3 Å². The number of hydrogen-bond donors (Lipinski definition) is 0. The first kappa shape index (κ1) is 13.5. The highest BCUT2D eigenvalue weighted by molar-refractivity contribution is 5.81. The van der Waals surface area contributed by atoms with Crippen LogP contribution < -0.4 is 0 Å². The van der Waals surface area contributed by atoms with Crippen LogP contribution in [-0.4, -0.2) is 24.3 Å². The lowest BCUT2D eigenvalue weighted by Gasteiger charge is -2.23. The molecule has 3 atom stereocenters. The molecular weight excluding hydrogens is 222 g/mol. The fourth-order valence-corrected chi connectivity index (χ4v) is 1.37. The molecule has 1 fully saturated rings. The summed E-state index contributed by atoms with van der Waals surface area (Å²) in [6, 6.07) is -0.863. The van der Waals surface area contributed by atoms with E-state index in [4.69, 9.17) is 16.0 Å². The van der Waals surface area contributed by atoms with Crippen LogP contribution in [0.1, 0.15) is 34.1 Å². The Morgan fingerprint density at radius 1 is 1.59 bits per heavy atom. The van der Waals surface area contributed by atoms with E-state index < -0.39 is 35.6 Å². The van der Waals surface area contributed by atoms with Crippen LogP contribution in [0.4, 0.5) is 0 Å². The molecule has 5 nitrogen and oxygen atoms in total. The fourth-order valence-electron chi connectivity index (χ4n) is 1.37. The Bertz CT molecular complexity index is 369. The average molecular weight is 239 g/mol. The lowest BCUT2D eigenvalue weighted by atomic mass is 9.90. The maximum Gasteiger partial charge on any atom is 0.393 e. The number of ether oxygens (including phenoxy) is 2. The quantitative estimate of drug-likeness (QED) is 0.556. The van der Waals surface area contributed by atoms with Gasteiger partial charge in [0.25, 0.3) is 6.29 Å². The summed E-state index contributed by atoms with van der Waals surface area (Å²) in [4.78, 5) is 26.3. The van der Waals surface area contributed by atoms with Crippen molar-refractivity contribution in [1.29, 1.82) is 0 Å². The highest BCUT2D eigenvalue weighted by Crippen LogP contribution is 2.29. The third-order valence-electron chi connectivity index (χ3n) is 3.20. The molecule has 3 unspecified atom stereocenters. The van der Waals surface area contributed by atoms with Gasteiger partial charge in [0, 0.05) is 0 Å². The van der Waals surface area contributed by atoms with Gasteiger partial charge < -0.3 is 14.3 Å². The second-order valence-corrected chi connectivity index (χ2v) is 4.88. The minimum atomic E-state index is -0.931. The van der Waals surface area contributed by atoms with Crippen LogP contribution in [-0.2, 0) is 19.1 Å². The zero-order chi connectivity index (χ0) is 13.2. The number of hydrogen-bond acceptors (Lipinski definition) is 4. The molecule has 0 aromatic carbocycles. The normalized spacial score (nSPS) is 28.4. The Kier molecular flexibility index (Phi) is 3.76. The van der Waals surface area contributed by atoms with Crippen molar-refractivity contribution in [1.82, 2.24) is 0 Å². The molecule has 5 heteroatoms. The second kappa shape index (κ2) is 4.74. The van der Waals surface area contributed by atoms with Crippen molar-refractivity contribution in [2.45, 2.75) is 46.4 Å². The number of carbonyl (C=O) groups is 2. The van der Waals surface area contributed by atoms with E-state index in [0.29, 0.717) is 6.42 Å². The van der Waals surface area contributed by atoms with E-state index in [-0.39, 0.29) is 0 Å². The first-order chi connectivity index (χ1) is 7.83. The van der Waals surface area contributed by atoms with Crippen LogP contribution in [0.5, 0.6) is 0 Å². The number of cyclic esters (lactones) is 1. The average Bonchev–Trinajstić information content (AvgIpc) is 2.53. The Morgan fingerprint density at radius 2 is 2.18 bits per heavy atom. The van der Waals surface area contributed by atoms with Gasteiger partial charge in [-0.25, -0.2) is 11.4 Å². The minimum Gasteiger partial charge on any atom is -0.424 e. The van der Waals surface area contributed by atoms with Crippen molar-refractivity contribution < 1.29 is 19.1 Å². The molecule has 0 amide bonds. The summed E-state index contributed by atoms with van der Waals surface area (Å²) in [5, 5.41) is 0. The Hall–Kier alpha value is -1.57. The molecule has 0 N–H and O–H groups in total. The maximum absolute atomic E-state index is 11.8. The Morgan fingerprint density at radius 3 is 2.59 bits per heavy atom. The van der Waals surface area contributed by atoms with Crippen molar-refractivity contribution in [2.75, 3.05) is 0 Å². The lowest BCUT2D eigenvalue weighted by molar-refractivity contribution is -0.188. The smallest absolute Gasteiger partial charge is 0.393 e. The SMILES string of the molecule is [C-]#[N+]C1C(=O)OC(OC(=O)C(C)(C)CC)C1C. The van der Waals surface area contributed by atoms with Gasteiger partial charge in [0.2, 0.25) is 0 Å². The molecule has 0 aromatic heterocycles. The molecule has 1 aliphatic heterocycles. The summed E-state index contributed by atoms with van der Waals surface area (Å²) in [6.07, 6.45) is -0.299. The molecule has 0 radical (unpaired) electrons. The predicted octanol–water partition coefficient (Wildman–Crippen LogP) is 1.77. The van der Waals surface area contributed by atoms with E-state index in [1.165, 1.54) is 0 Å². The van der Waals surface area contributed by atoms with E-state index in [1.807, 2.05) is 6.92 Å². The standard InChI is InChI=1S/C12H17NO4/c1-6-12(3,4)11(15)17-10-7(2)8(13-5)9(14)16-10/h7-8,10H,6H2,1-4H3. The van der Waals surface area contributed by atoms with E-state index in [0.717, 1.165) is 0 Å². The first-order valence-electron chi connectivity index (χ1n) is 5.61. The number of rotatable bonds is 3. The van der Waals surface area contributed by atoms with Crippen LogP contribution in [0.15, 0.2) is 0 Å². The highest BCUT2D eigenvalue weighted by Gasteiger charge is 2.50. The largest absolute Gasteiger partial charge is 0.424 e. The summed E-state index contributed by atoms with van der Waals surface area (Å²) in [7, 11) is 0. The van der Waals surface area contributed by atoms with Gasteiger partial charge in [-0.15, -0.1) is 0 Å². The van der Waals surface area contributed by atoms with Crippen molar-refractivity contribution in [3.05, 3.63) is 11.4 Å². The van der Waals surface area contributed by atoms with Crippen LogP contribution in [0.25, 0.3) is 4.85 Å². The Balaban J connectivity index is 2.70. The molecule has 1 aliphatic rings. The first-order valence-corrected chi connectivity index (χ1v) is 5.61. The molecule has 94 valence electrons. The van der Waals surface area contributed by atoms with Crippen molar-refractivity contribution in [3.63, 3.8) is 0 Å². The minimum absolute atomic E-state index is 0.407. The molecule has 1 saturated heterocycles. The van der Waals surface area contributed by atoms with E-state index in [1.54, 1.807) is 20.8 Å². The molecule has 0 spiro atoms. The van der Waals surface area contributed by atoms with Gasteiger partial charge in [-0.05, 0) is 27.2 Å². The molecule has 0 aromatic rings. The topological polar surface area (TPSA) is 57.0 Å². The summed E-state index contributed by atoms with van der Waals surface area (Å²) < 4.78 is 10.0. The zero-order valence-electron chi connectivity index (χ0n) is 10.5. The molecule has 0 aliphatic carbocycles. The Labute approximate surface area is 101 Å². The van der Waals surface area contributed by atoms with Gasteiger partial charge in [-0.2, -0.15) is 0 Å². The molecule has 1 rings (SSSR count). The van der Waals surface area contributed by atoms with Gasteiger partial charge in [0.05, 0.1) is 5.41 Å². The maximum atomic E-state index is 11.8. The third kappa shape index (κ3) is 2.57. The zero-order valence-corrected chi connectivity index (χ0v) is 10.5. The molecular formula is C12H17NO4. The summed E-state index contributed by atoms with van der Waals surface area (Å²) in [5.41, 5.74) is -0.609. The summed E-state index contributed by atoms with van der Waals surface area (Å²) in [6.45, 7) is 14.0. The summed E-state index contributed by atoms with van der Waals surface area (Å²) in [5.74, 6) is -1.44. The monoisotopic (exact) mass is 239 g/mol. The van der Waals surface area contributed by atoms with E-state index in [2.05, 4.69) is 4.85 Å². The predicted molar refractivity (Wildman–Crippen MR) is 59.6 cm³/mol.